The summed E-state index contributed by atoms with van der Waals surface area (Å²) in [6.45, 7) is 6.57. The minimum absolute atomic E-state index is 0.116. The van der Waals surface area contributed by atoms with Crippen molar-refractivity contribution >= 4 is 45.0 Å². The Bertz CT molecular complexity index is 709. The quantitative estimate of drug-likeness (QED) is 0.628. The maximum absolute atomic E-state index is 12.6. The lowest BCUT2D eigenvalue weighted by molar-refractivity contribution is -0.117. The van der Waals surface area contributed by atoms with Crippen LogP contribution in [0.15, 0.2) is 23.1 Å². The molecule has 1 N–H and O–H groups in total. The van der Waals surface area contributed by atoms with Gasteiger partial charge in [0.25, 0.3) is 0 Å². The van der Waals surface area contributed by atoms with Crippen LogP contribution in [0.3, 0.4) is 0 Å². The van der Waals surface area contributed by atoms with Crippen molar-refractivity contribution < 1.29 is 13.2 Å². The highest BCUT2D eigenvalue weighted by Gasteiger charge is 2.23. The number of carbonyl (C=O) groups excluding carboxylic acids is 1. The van der Waals surface area contributed by atoms with E-state index < -0.39 is 10.0 Å². The van der Waals surface area contributed by atoms with E-state index in [1.165, 1.54) is 22.5 Å². The molecule has 0 radical (unpaired) electrons. The summed E-state index contributed by atoms with van der Waals surface area (Å²) in [4.78, 5) is 14.4. The van der Waals surface area contributed by atoms with Gasteiger partial charge in [0.1, 0.15) is 0 Å². The number of nitrogens with one attached hydrogen (secondary N) is 1. The third kappa shape index (κ3) is 6.13. The number of likely N-dealkylation sites (N-methyl/N-ethyl adjacent to an activating group) is 1. The standard InChI is InChI=1S/C17H28ClN3O3S2/c1-6-21(7-2)26(23,24)14-8-9-15(18)16(10-14)19-17(22)11-20(4)13(3)12-25-5/h8-10,13H,6-7,11-12H2,1-5H3,(H,19,22)/t13-/m1/s1. The molecule has 1 aromatic carbocycles. The number of amides is 1. The molecule has 0 aromatic heterocycles. The van der Waals surface area contributed by atoms with E-state index in [0.717, 1.165) is 5.75 Å². The van der Waals surface area contributed by atoms with E-state index in [0.29, 0.717) is 23.8 Å². The van der Waals surface area contributed by atoms with Crippen LogP contribution in [0.5, 0.6) is 0 Å². The first-order valence-electron chi connectivity index (χ1n) is 8.46. The SMILES string of the molecule is CCN(CC)S(=O)(=O)c1ccc(Cl)c(NC(=O)CN(C)[C@H](C)CSC)c1. The van der Waals surface area contributed by atoms with Crippen LogP contribution in [0.2, 0.25) is 5.02 Å². The molecular formula is C17H28ClN3O3S2. The molecule has 0 fully saturated rings. The number of hydrogen-bond acceptors (Lipinski definition) is 5. The van der Waals surface area contributed by atoms with Crippen LogP contribution >= 0.6 is 23.4 Å². The Hall–Kier alpha value is -0.800. The van der Waals surface area contributed by atoms with Gasteiger partial charge in [-0.2, -0.15) is 16.1 Å². The molecule has 1 rings (SSSR count). The zero-order chi connectivity index (χ0) is 19.9. The van der Waals surface area contributed by atoms with Crippen LogP contribution in [-0.4, -0.2) is 68.3 Å². The van der Waals surface area contributed by atoms with Gasteiger partial charge in [-0.15, -0.1) is 0 Å². The van der Waals surface area contributed by atoms with Gasteiger partial charge in [0.2, 0.25) is 15.9 Å². The zero-order valence-electron chi connectivity index (χ0n) is 16.0. The maximum atomic E-state index is 12.6. The lowest BCUT2D eigenvalue weighted by Crippen LogP contribution is -2.37. The lowest BCUT2D eigenvalue weighted by Gasteiger charge is -2.23. The summed E-state index contributed by atoms with van der Waals surface area (Å²) in [5, 5.41) is 3.03. The second-order valence-electron chi connectivity index (χ2n) is 6.00. The molecule has 0 aliphatic heterocycles. The van der Waals surface area contributed by atoms with Crippen molar-refractivity contribution in [2.75, 3.05) is 44.0 Å². The van der Waals surface area contributed by atoms with Crippen molar-refractivity contribution in [3.63, 3.8) is 0 Å². The van der Waals surface area contributed by atoms with Gasteiger partial charge in [-0.25, -0.2) is 8.42 Å². The first-order chi connectivity index (χ1) is 12.2. The normalized spacial score (nSPS) is 13.2. The van der Waals surface area contributed by atoms with Crippen molar-refractivity contribution in [1.82, 2.24) is 9.21 Å². The van der Waals surface area contributed by atoms with Crippen LogP contribution < -0.4 is 5.32 Å². The summed E-state index contributed by atoms with van der Waals surface area (Å²) in [6.07, 6.45) is 2.02. The third-order valence-electron chi connectivity index (χ3n) is 4.11. The number of rotatable bonds is 10. The zero-order valence-corrected chi connectivity index (χ0v) is 18.3. The monoisotopic (exact) mass is 421 g/mol. The summed E-state index contributed by atoms with van der Waals surface area (Å²) in [5.74, 6) is 0.682. The van der Waals surface area contributed by atoms with E-state index in [1.54, 1.807) is 25.6 Å². The van der Waals surface area contributed by atoms with E-state index in [2.05, 4.69) is 5.32 Å². The minimum Gasteiger partial charge on any atom is -0.324 e. The van der Waals surface area contributed by atoms with Crippen molar-refractivity contribution in [3.05, 3.63) is 23.2 Å². The van der Waals surface area contributed by atoms with Crippen molar-refractivity contribution in [1.29, 1.82) is 0 Å². The molecule has 1 aromatic rings. The van der Waals surface area contributed by atoms with Gasteiger partial charge in [-0.3, -0.25) is 9.69 Å². The summed E-state index contributed by atoms with van der Waals surface area (Å²) < 4.78 is 26.6. The predicted octanol–water partition coefficient (Wildman–Crippen LogP) is 2.99. The molecule has 0 aliphatic carbocycles. The maximum Gasteiger partial charge on any atom is 0.243 e. The molecule has 0 saturated carbocycles. The smallest absolute Gasteiger partial charge is 0.243 e. The van der Waals surface area contributed by atoms with Crippen LogP contribution in [0.4, 0.5) is 5.69 Å². The fourth-order valence-electron chi connectivity index (χ4n) is 2.41. The van der Waals surface area contributed by atoms with Crippen molar-refractivity contribution in [2.24, 2.45) is 0 Å². The van der Waals surface area contributed by atoms with E-state index in [4.69, 9.17) is 11.6 Å². The Morgan fingerprint density at radius 2 is 1.92 bits per heavy atom. The second-order valence-corrected chi connectivity index (χ2v) is 9.25. The average molecular weight is 422 g/mol. The van der Waals surface area contributed by atoms with Crippen molar-refractivity contribution in [3.8, 4) is 0 Å². The average Bonchev–Trinajstić information content (AvgIpc) is 2.57. The molecule has 9 heteroatoms. The van der Waals surface area contributed by atoms with E-state index in [1.807, 2.05) is 25.1 Å². The number of halogens is 1. The Morgan fingerprint density at radius 1 is 1.31 bits per heavy atom. The number of thioether (sulfide) groups is 1. The number of nitrogens with zero attached hydrogens (tertiary/aromatic N) is 2. The topological polar surface area (TPSA) is 69.7 Å². The summed E-state index contributed by atoms with van der Waals surface area (Å²) in [5.41, 5.74) is 0.302. The number of carbonyl (C=O) groups is 1. The van der Waals surface area contributed by atoms with E-state index >= 15 is 0 Å². The first kappa shape index (κ1) is 23.2. The number of sulfonamides is 1. The number of anilines is 1. The highest BCUT2D eigenvalue weighted by molar-refractivity contribution is 7.98. The summed E-state index contributed by atoms with van der Waals surface area (Å²) >= 11 is 7.86. The van der Waals surface area contributed by atoms with Crippen LogP contribution in [0, 0.1) is 0 Å². The van der Waals surface area contributed by atoms with Gasteiger partial charge < -0.3 is 5.32 Å². The summed E-state index contributed by atoms with van der Waals surface area (Å²) in [7, 11) is -1.73. The largest absolute Gasteiger partial charge is 0.324 e. The van der Waals surface area contributed by atoms with Gasteiger partial charge in [-0.1, -0.05) is 25.4 Å². The number of hydrogen-bond donors (Lipinski definition) is 1. The van der Waals surface area contributed by atoms with Crippen molar-refractivity contribution in [2.45, 2.75) is 31.7 Å². The van der Waals surface area contributed by atoms with Gasteiger partial charge in [-0.05, 0) is 38.4 Å². The Kier molecular flexibility index (Phi) is 9.40. The fraction of sp³-hybridized carbons (Fsp3) is 0.588. The molecule has 148 valence electrons. The first-order valence-corrected chi connectivity index (χ1v) is 11.7. The Balaban J connectivity index is 2.96. The highest BCUT2D eigenvalue weighted by Crippen LogP contribution is 2.27. The van der Waals surface area contributed by atoms with Crippen LogP contribution in [0.25, 0.3) is 0 Å². The fourth-order valence-corrected chi connectivity index (χ4v) is 4.80. The molecular weight excluding hydrogens is 394 g/mol. The van der Waals surface area contributed by atoms with Gasteiger partial charge in [0.15, 0.2) is 0 Å². The van der Waals surface area contributed by atoms with E-state index in [9.17, 15) is 13.2 Å². The molecule has 26 heavy (non-hydrogen) atoms. The molecule has 1 amide bonds. The van der Waals surface area contributed by atoms with Gasteiger partial charge in [0, 0.05) is 24.9 Å². The number of benzene rings is 1. The third-order valence-corrected chi connectivity index (χ3v) is 7.30. The Labute approximate surface area is 166 Å². The predicted molar refractivity (Wildman–Crippen MR) is 111 cm³/mol. The molecule has 0 aliphatic rings. The highest BCUT2D eigenvalue weighted by atomic mass is 35.5. The van der Waals surface area contributed by atoms with Gasteiger partial charge in [0.05, 0.1) is 22.2 Å². The summed E-state index contributed by atoms with van der Waals surface area (Å²) in [6, 6.07) is 4.62. The Morgan fingerprint density at radius 3 is 2.46 bits per heavy atom. The molecule has 0 unspecified atom stereocenters. The molecule has 1 atom stereocenters. The second kappa shape index (κ2) is 10.5. The van der Waals surface area contributed by atoms with Gasteiger partial charge >= 0.3 is 0 Å². The van der Waals surface area contributed by atoms with Crippen LogP contribution in [-0.2, 0) is 14.8 Å². The molecule has 0 saturated heterocycles. The molecule has 0 bridgehead atoms. The minimum atomic E-state index is -3.61. The van der Waals surface area contributed by atoms with E-state index in [-0.39, 0.29) is 23.4 Å². The molecule has 0 spiro atoms. The molecule has 0 heterocycles. The lowest BCUT2D eigenvalue weighted by atomic mass is 10.3. The van der Waals surface area contributed by atoms with Crippen LogP contribution in [0.1, 0.15) is 20.8 Å². The molecule has 6 nitrogen and oxygen atoms in total.